The van der Waals surface area contributed by atoms with E-state index in [9.17, 15) is 0 Å². The topological polar surface area (TPSA) is 36.9 Å². The quantitative estimate of drug-likeness (QED) is 0.711. The molecule has 0 aliphatic heterocycles. The molecule has 0 aliphatic rings. The Hall–Kier alpha value is -1.26. The van der Waals surface area contributed by atoms with E-state index in [1.165, 1.54) is 0 Å². The fraction of sp³-hybridized carbons (Fsp3) is 0.600. The van der Waals surface area contributed by atoms with Crippen molar-refractivity contribution >= 4 is 0 Å². The van der Waals surface area contributed by atoms with Gasteiger partial charge in [-0.15, -0.1) is 0 Å². The van der Waals surface area contributed by atoms with E-state index < -0.39 is 0 Å². The molecule has 0 aromatic heterocycles. The van der Waals surface area contributed by atoms with Crippen molar-refractivity contribution in [1.82, 2.24) is 0 Å². The standard InChI is InChI=1S/C15H24O4/c1-10(2)19-12(4)18-9-13-7-14(16-5)11(3)15(8-13)17-6/h7-8,10,12H,9H2,1-6H3. The number of hydrogen-bond acceptors (Lipinski definition) is 4. The molecule has 0 bridgehead atoms. The fourth-order valence-electron chi connectivity index (χ4n) is 1.86. The highest BCUT2D eigenvalue weighted by Crippen LogP contribution is 2.29. The molecular weight excluding hydrogens is 244 g/mol. The van der Waals surface area contributed by atoms with Crippen molar-refractivity contribution < 1.29 is 18.9 Å². The van der Waals surface area contributed by atoms with Crippen LogP contribution < -0.4 is 9.47 Å². The Morgan fingerprint density at radius 2 is 1.53 bits per heavy atom. The lowest BCUT2D eigenvalue weighted by Crippen LogP contribution is -2.17. The van der Waals surface area contributed by atoms with Gasteiger partial charge in [0.05, 0.1) is 26.9 Å². The van der Waals surface area contributed by atoms with Crippen molar-refractivity contribution in [2.45, 2.75) is 46.7 Å². The van der Waals surface area contributed by atoms with E-state index in [4.69, 9.17) is 18.9 Å². The fourth-order valence-corrected chi connectivity index (χ4v) is 1.86. The first-order valence-corrected chi connectivity index (χ1v) is 6.46. The predicted octanol–water partition coefficient (Wildman–Crippen LogP) is 3.30. The third-order valence-corrected chi connectivity index (χ3v) is 2.76. The van der Waals surface area contributed by atoms with Gasteiger partial charge >= 0.3 is 0 Å². The Morgan fingerprint density at radius 1 is 1.00 bits per heavy atom. The van der Waals surface area contributed by atoms with Gasteiger partial charge in [-0.3, -0.25) is 0 Å². The molecule has 1 atom stereocenters. The van der Waals surface area contributed by atoms with E-state index in [0.717, 1.165) is 22.6 Å². The summed E-state index contributed by atoms with van der Waals surface area (Å²) in [5.41, 5.74) is 1.98. The van der Waals surface area contributed by atoms with Crippen LogP contribution in [0.2, 0.25) is 0 Å². The highest BCUT2D eigenvalue weighted by molar-refractivity contribution is 5.47. The van der Waals surface area contributed by atoms with Crippen molar-refractivity contribution in [3.8, 4) is 11.5 Å². The second-order valence-electron chi connectivity index (χ2n) is 4.69. The van der Waals surface area contributed by atoms with Crippen LogP contribution in [0.15, 0.2) is 12.1 Å². The number of hydrogen-bond donors (Lipinski definition) is 0. The van der Waals surface area contributed by atoms with Gasteiger partial charge in [0.15, 0.2) is 6.29 Å². The lowest BCUT2D eigenvalue weighted by atomic mass is 10.1. The maximum Gasteiger partial charge on any atom is 0.155 e. The molecule has 0 amide bonds. The summed E-state index contributed by atoms with van der Waals surface area (Å²) in [5, 5.41) is 0. The van der Waals surface area contributed by atoms with Crippen LogP contribution in [0.25, 0.3) is 0 Å². The molecule has 0 N–H and O–H groups in total. The number of methoxy groups -OCH3 is 2. The SMILES string of the molecule is COc1cc(COC(C)OC(C)C)cc(OC)c1C. The minimum absolute atomic E-state index is 0.150. The highest BCUT2D eigenvalue weighted by atomic mass is 16.7. The zero-order valence-corrected chi connectivity index (χ0v) is 12.6. The molecule has 0 heterocycles. The average Bonchev–Trinajstić information content (AvgIpc) is 2.36. The van der Waals surface area contributed by atoms with Crippen LogP contribution in [0.1, 0.15) is 31.9 Å². The summed E-state index contributed by atoms with van der Waals surface area (Å²) in [4.78, 5) is 0. The van der Waals surface area contributed by atoms with Gasteiger partial charge in [0.2, 0.25) is 0 Å². The van der Waals surface area contributed by atoms with E-state index >= 15 is 0 Å². The lowest BCUT2D eigenvalue weighted by Gasteiger charge is -2.18. The minimum atomic E-state index is -0.238. The molecule has 0 saturated carbocycles. The normalized spacial score (nSPS) is 12.6. The molecule has 1 unspecified atom stereocenters. The molecule has 1 aromatic carbocycles. The van der Waals surface area contributed by atoms with Crippen molar-refractivity contribution in [2.24, 2.45) is 0 Å². The Bertz CT molecular complexity index is 376. The molecule has 0 saturated heterocycles. The molecule has 1 rings (SSSR count). The molecule has 0 aliphatic carbocycles. The Labute approximate surface area is 115 Å². The largest absolute Gasteiger partial charge is 0.496 e. The van der Waals surface area contributed by atoms with Crippen LogP contribution in [0, 0.1) is 6.92 Å². The average molecular weight is 268 g/mol. The van der Waals surface area contributed by atoms with Crippen LogP contribution in [-0.2, 0) is 16.1 Å². The van der Waals surface area contributed by atoms with E-state index in [0.29, 0.717) is 6.61 Å². The molecule has 0 spiro atoms. The highest BCUT2D eigenvalue weighted by Gasteiger charge is 2.10. The first-order chi connectivity index (χ1) is 8.97. The van der Waals surface area contributed by atoms with Crippen LogP contribution in [0.5, 0.6) is 11.5 Å². The van der Waals surface area contributed by atoms with Crippen molar-refractivity contribution in [3.05, 3.63) is 23.3 Å². The summed E-state index contributed by atoms with van der Waals surface area (Å²) in [5.74, 6) is 1.60. The minimum Gasteiger partial charge on any atom is -0.496 e. The molecule has 108 valence electrons. The van der Waals surface area contributed by atoms with Gasteiger partial charge in [0, 0.05) is 5.56 Å². The number of ether oxygens (including phenoxy) is 4. The molecule has 4 nitrogen and oxygen atoms in total. The maximum absolute atomic E-state index is 5.64. The van der Waals surface area contributed by atoms with Crippen molar-refractivity contribution in [2.75, 3.05) is 14.2 Å². The van der Waals surface area contributed by atoms with Crippen molar-refractivity contribution in [1.29, 1.82) is 0 Å². The second kappa shape index (κ2) is 7.36. The van der Waals surface area contributed by atoms with E-state index in [2.05, 4.69) is 0 Å². The number of benzene rings is 1. The van der Waals surface area contributed by atoms with Gasteiger partial charge in [-0.1, -0.05) is 0 Å². The van der Waals surface area contributed by atoms with Gasteiger partial charge in [-0.05, 0) is 45.4 Å². The summed E-state index contributed by atoms with van der Waals surface area (Å²) >= 11 is 0. The third kappa shape index (κ3) is 4.73. The van der Waals surface area contributed by atoms with Crippen LogP contribution >= 0.6 is 0 Å². The summed E-state index contributed by atoms with van der Waals surface area (Å²) in [6, 6.07) is 3.92. The smallest absolute Gasteiger partial charge is 0.155 e. The molecular formula is C15H24O4. The predicted molar refractivity (Wildman–Crippen MR) is 74.8 cm³/mol. The second-order valence-corrected chi connectivity index (χ2v) is 4.69. The number of rotatable bonds is 7. The van der Waals surface area contributed by atoms with Crippen LogP contribution in [0.4, 0.5) is 0 Å². The molecule has 19 heavy (non-hydrogen) atoms. The maximum atomic E-state index is 5.64. The lowest BCUT2D eigenvalue weighted by molar-refractivity contribution is -0.157. The first-order valence-electron chi connectivity index (χ1n) is 6.46. The molecule has 0 fully saturated rings. The Morgan fingerprint density at radius 3 is 1.95 bits per heavy atom. The van der Waals surface area contributed by atoms with Crippen molar-refractivity contribution in [3.63, 3.8) is 0 Å². The summed E-state index contributed by atoms with van der Waals surface area (Å²) in [6.45, 7) is 8.28. The third-order valence-electron chi connectivity index (χ3n) is 2.76. The monoisotopic (exact) mass is 268 g/mol. The molecule has 1 aromatic rings. The van der Waals surface area contributed by atoms with E-state index in [-0.39, 0.29) is 12.4 Å². The summed E-state index contributed by atoms with van der Waals surface area (Å²) in [7, 11) is 3.30. The zero-order valence-electron chi connectivity index (χ0n) is 12.6. The van der Waals surface area contributed by atoms with Gasteiger partial charge in [-0.25, -0.2) is 0 Å². The zero-order chi connectivity index (χ0) is 14.4. The molecule has 0 radical (unpaired) electrons. The van der Waals surface area contributed by atoms with E-state index in [1.807, 2.05) is 39.8 Å². The van der Waals surface area contributed by atoms with Gasteiger partial charge in [0.25, 0.3) is 0 Å². The van der Waals surface area contributed by atoms with Gasteiger partial charge in [0.1, 0.15) is 11.5 Å². The summed E-state index contributed by atoms with van der Waals surface area (Å²) in [6.07, 6.45) is -0.0876. The Kier molecular flexibility index (Phi) is 6.12. The van der Waals surface area contributed by atoms with Gasteiger partial charge in [-0.2, -0.15) is 0 Å². The Balaban J connectivity index is 2.73. The molecule has 4 heteroatoms. The van der Waals surface area contributed by atoms with Crippen LogP contribution in [0.3, 0.4) is 0 Å². The summed E-state index contributed by atoms with van der Waals surface area (Å²) < 4.78 is 21.8. The van der Waals surface area contributed by atoms with E-state index in [1.54, 1.807) is 14.2 Å². The van der Waals surface area contributed by atoms with Gasteiger partial charge < -0.3 is 18.9 Å². The first kappa shape index (κ1) is 15.8. The van der Waals surface area contributed by atoms with Crippen LogP contribution in [-0.4, -0.2) is 26.6 Å².